The second-order valence-corrected chi connectivity index (χ2v) is 6.99. The van der Waals surface area contributed by atoms with E-state index in [4.69, 9.17) is 32.1 Å². The van der Waals surface area contributed by atoms with E-state index < -0.39 is 10.1 Å². The van der Waals surface area contributed by atoms with Gasteiger partial charge in [-0.1, -0.05) is 23.2 Å². The van der Waals surface area contributed by atoms with Gasteiger partial charge in [-0.2, -0.15) is 8.42 Å². The summed E-state index contributed by atoms with van der Waals surface area (Å²) in [7, 11) is -2.50. The standard InChI is InChI=1S/C15H14Cl2O4S/c1-9-10(2)15(7-6-13(9)20-3)22(18,19)21-14-8-11(16)4-5-12(14)17/h4-8H,1-3H3. The van der Waals surface area contributed by atoms with E-state index in [0.29, 0.717) is 16.3 Å². The molecule has 0 heterocycles. The van der Waals surface area contributed by atoms with Gasteiger partial charge < -0.3 is 8.92 Å². The van der Waals surface area contributed by atoms with Crippen molar-refractivity contribution < 1.29 is 17.3 Å². The molecule has 0 fully saturated rings. The molecule has 0 unspecified atom stereocenters. The van der Waals surface area contributed by atoms with Crippen LogP contribution in [0.25, 0.3) is 0 Å². The van der Waals surface area contributed by atoms with Crippen LogP contribution in [0.3, 0.4) is 0 Å². The maximum atomic E-state index is 12.5. The smallest absolute Gasteiger partial charge is 0.339 e. The summed E-state index contributed by atoms with van der Waals surface area (Å²) in [5.41, 5.74) is 1.28. The summed E-state index contributed by atoms with van der Waals surface area (Å²) in [5, 5.41) is 0.494. The Balaban J connectivity index is 2.47. The topological polar surface area (TPSA) is 52.6 Å². The molecule has 0 amide bonds. The molecule has 0 saturated heterocycles. The van der Waals surface area contributed by atoms with E-state index >= 15 is 0 Å². The summed E-state index contributed by atoms with van der Waals surface area (Å²) < 4.78 is 35.2. The first kappa shape index (κ1) is 16.9. The van der Waals surface area contributed by atoms with Gasteiger partial charge in [0.15, 0.2) is 5.75 Å². The molecule has 0 aliphatic carbocycles. The molecule has 0 spiro atoms. The molecule has 2 aromatic rings. The summed E-state index contributed by atoms with van der Waals surface area (Å²) in [6, 6.07) is 7.40. The molecule has 0 atom stereocenters. The number of methoxy groups -OCH3 is 1. The van der Waals surface area contributed by atoms with Gasteiger partial charge in [-0.15, -0.1) is 0 Å². The molecule has 0 aliphatic rings. The summed E-state index contributed by atoms with van der Waals surface area (Å²) in [6.07, 6.45) is 0. The fourth-order valence-corrected chi connectivity index (χ4v) is 3.56. The van der Waals surface area contributed by atoms with Crippen molar-refractivity contribution in [1.29, 1.82) is 0 Å². The Morgan fingerprint density at radius 1 is 0.955 bits per heavy atom. The fourth-order valence-electron chi connectivity index (χ4n) is 1.97. The van der Waals surface area contributed by atoms with Crippen molar-refractivity contribution in [3.63, 3.8) is 0 Å². The minimum atomic E-state index is -4.03. The highest BCUT2D eigenvalue weighted by Crippen LogP contribution is 2.32. The van der Waals surface area contributed by atoms with Crippen LogP contribution in [0.15, 0.2) is 35.2 Å². The molecule has 2 rings (SSSR count). The van der Waals surface area contributed by atoms with Gasteiger partial charge in [0.05, 0.1) is 12.1 Å². The second-order valence-electron chi connectivity index (χ2n) is 4.63. The van der Waals surface area contributed by atoms with Gasteiger partial charge >= 0.3 is 10.1 Å². The van der Waals surface area contributed by atoms with E-state index in [1.807, 2.05) is 0 Å². The summed E-state index contributed by atoms with van der Waals surface area (Å²) in [5.74, 6) is 0.597. The van der Waals surface area contributed by atoms with Crippen LogP contribution >= 0.6 is 23.2 Å². The molecule has 0 saturated carbocycles. The van der Waals surface area contributed by atoms with Crippen LogP contribution in [0.2, 0.25) is 10.0 Å². The Hall–Kier alpha value is -1.43. The first-order chi connectivity index (χ1) is 10.3. The van der Waals surface area contributed by atoms with E-state index in [-0.39, 0.29) is 15.7 Å². The highest BCUT2D eigenvalue weighted by molar-refractivity contribution is 7.87. The van der Waals surface area contributed by atoms with Crippen LogP contribution in [0.4, 0.5) is 0 Å². The number of ether oxygens (including phenoxy) is 1. The van der Waals surface area contributed by atoms with Crippen molar-refractivity contribution in [2.24, 2.45) is 0 Å². The molecule has 4 nitrogen and oxygen atoms in total. The van der Waals surface area contributed by atoms with E-state index in [0.717, 1.165) is 5.56 Å². The fraction of sp³-hybridized carbons (Fsp3) is 0.200. The van der Waals surface area contributed by atoms with Crippen LogP contribution in [0.1, 0.15) is 11.1 Å². The summed E-state index contributed by atoms with van der Waals surface area (Å²) in [6.45, 7) is 3.47. The van der Waals surface area contributed by atoms with E-state index in [2.05, 4.69) is 0 Å². The maximum Gasteiger partial charge on any atom is 0.339 e. The minimum Gasteiger partial charge on any atom is -0.496 e. The first-order valence-corrected chi connectivity index (χ1v) is 8.46. The van der Waals surface area contributed by atoms with Gasteiger partial charge in [0.2, 0.25) is 0 Å². The van der Waals surface area contributed by atoms with E-state index in [1.165, 1.54) is 25.3 Å². The van der Waals surface area contributed by atoms with Crippen molar-refractivity contribution in [3.8, 4) is 11.5 Å². The number of hydrogen-bond donors (Lipinski definition) is 0. The zero-order valence-corrected chi connectivity index (χ0v) is 14.5. The van der Waals surface area contributed by atoms with Gasteiger partial charge in [0.25, 0.3) is 0 Å². The Bertz CT molecular complexity index is 817. The van der Waals surface area contributed by atoms with Crippen LogP contribution in [0.5, 0.6) is 11.5 Å². The highest BCUT2D eigenvalue weighted by atomic mass is 35.5. The SMILES string of the molecule is COc1ccc(S(=O)(=O)Oc2cc(Cl)ccc2Cl)c(C)c1C. The third-order valence-corrected chi connectivity index (χ3v) is 5.20. The summed E-state index contributed by atoms with van der Waals surface area (Å²) in [4.78, 5) is 0.0573. The van der Waals surface area contributed by atoms with Crippen LogP contribution in [-0.4, -0.2) is 15.5 Å². The molecule has 0 aromatic heterocycles. The van der Waals surface area contributed by atoms with Crippen LogP contribution in [0, 0.1) is 13.8 Å². The lowest BCUT2D eigenvalue weighted by molar-refractivity contribution is 0.410. The Morgan fingerprint density at radius 2 is 1.64 bits per heavy atom. The molecular formula is C15H14Cl2O4S. The second kappa shape index (κ2) is 6.36. The molecule has 0 aliphatic heterocycles. The molecule has 118 valence electrons. The lowest BCUT2D eigenvalue weighted by atomic mass is 10.1. The zero-order valence-electron chi connectivity index (χ0n) is 12.2. The average Bonchev–Trinajstić information content (AvgIpc) is 2.45. The highest BCUT2D eigenvalue weighted by Gasteiger charge is 2.23. The maximum absolute atomic E-state index is 12.5. The molecule has 0 N–H and O–H groups in total. The molecule has 22 heavy (non-hydrogen) atoms. The third-order valence-electron chi connectivity index (χ3n) is 3.27. The number of hydrogen-bond acceptors (Lipinski definition) is 4. The van der Waals surface area contributed by atoms with Gasteiger partial charge in [0.1, 0.15) is 10.6 Å². The molecular weight excluding hydrogens is 347 g/mol. The minimum absolute atomic E-state index is 0.0120. The Morgan fingerprint density at radius 3 is 2.27 bits per heavy atom. The Labute approximate surface area is 139 Å². The first-order valence-electron chi connectivity index (χ1n) is 6.30. The quantitative estimate of drug-likeness (QED) is 0.758. The van der Waals surface area contributed by atoms with Crippen molar-refractivity contribution in [2.75, 3.05) is 7.11 Å². The third kappa shape index (κ3) is 3.32. The normalized spacial score (nSPS) is 11.3. The predicted molar refractivity (Wildman–Crippen MR) is 86.7 cm³/mol. The van der Waals surface area contributed by atoms with E-state index in [1.54, 1.807) is 26.0 Å². The molecule has 0 bridgehead atoms. The van der Waals surface area contributed by atoms with Crippen molar-refractivity contribution in [1.82, 2.24) is 0 Å². The van der Waals surface area contributed by atoms with Crippen molar-refractivity contribution in [3.05, 3.63) is 51.5 Å². The van der Waals surface area contributed by atoms with E-state index in [9.17, 15) is 8.42 Å². The summed E-state index contributed by atoms with van der Waals surface area (Å²) >= 11 is 11.8. The molecule has 0 radical (unpaired) electrons. The van der Waals surface area contributed by atoms with Crippen molar-refractivity contribution in [2.45, 2.75) is 18.7 Å². The molecule has 7 heteroatoms. The number of rotatable bonds is 4. The van der Waals surface area contributed by atoms with Gasteiger partial charge in [0, 0.05) is 11.1 Å². The predicted octanol–water partition coefficient (Wildman–Crippen LogP) is 4.39. The monoisotopic (exact) mass is 360 g/mol. The number of halogens is 2. The van der Waals surface area contributed by atoms with Crippen LogP contribution in [-0.2, 0) is 10.1 Å². The lowest BCUT2D eigenvalue weighted by Gasteiger charge is -2.14. The van der Waals surface area contributed by atoms with Crippen molar-refractivity contribution >= 4 is 33.3 Å². The van der Waals surface area contributed by atoms with Gasteiger partial charge in [-0.3, -0.25) is 0 Å². The Kier molecular flexibility index (Phi) is 4.90. The zero-order chi connectivity index (χ0) is 16.5. The van der Waals surface area contributed by atoms with Gasteiger partial charge in [-0.05, 0) is 49.2 Å². The number of benzene rings is 2. The molecule has 2 aromatic carbocycles. The largest absolute Gasteiger partial charge is 0.496 e. The average molecular weight is 361 g/mol. The van der Waals surface area contributed by atoms with Crippen LogP contribution < -0.4 is 8.92 Å². The van der Waals surface area contributed by atoms with Gasteiger partial charge in [-0.25, -0.2) is 0 Å². The lowest BCUT2D eigenvalue weighted by Crippen LogP contribution is -2.12.